The van der Waals surface area contributed by atoms with Crippen molar-refractivity contribution in [3.05, 3.63) is 182 Å². The third-order valence-corrected chi connectivity index (χ3v) is 8.41. The maximum atomic E-state index is 2.36. The van der Waals surface area contributed by atoms with Crippen LogP contribution in [0.15, 0.2) is 182 Å². The molecule has 8 aromatic rings. The maximum Gasteiger partial charge on any atom is 0.0541 e. The second-order valence-electron chi connectivity index (χ2n) is 11.0. The monoisotopic (exact) mass is 562 g/mol. The molecule has 0 atom stereocenters. The van der Waals surface area contributed by atoms with E-state index in [1.807, 2.05) is 0 Å². The van der Waals surface area contributed by atoms with E-state index in [9.17, 15) is 0 Å². The summed E-state index contributed by atoms with van der Waals surface area (Å²) >= 11 is 0. The molecule has 0 bridgehead atoms. The molecule has 0 aliphatic carbocycles. The Labute approximate surface area is 257 Å². The summed E-state index contributed by atoms with van der Waals surface area (Å²) in [7, 11) is 0. The Morgan fingerprint density at radius 3 is 1.09 bits per heavy atom. The van der Waals surface area contributed by atoms with Gasteiger partial charge in [-0.15, -0.1) is 0 Å². The number of rotatable bonds is 6. The predicted molar refractivity (Wildman–Crippen MR) is 186 cm³/mol. The van der Waals surface area contributed by atoms with E-state index >= 15 is 0 Å². The first kappa shape index (κ1) is 25.8. The Hall–Kier alpha value is -5.86. The van der Waals surface area contributed by atoms with E-state index in [1.165, 1.54) is 49.7 Å². The minimum atomic E-state index is 1.13. The summed E-state index contributed by atoms with van der Waals surface area (Å²) in [6.45, 7) is 0. The normalized spacial score (nSPS) is 11.2. The summed E-state index contributed by atoms with van der Waals surface area (Å²) in [6.07, 6.45) is 0. The average molecular weight is 563 g/mol. The topological polar surface area (TPSA) is 8.17 Å². The van der Waals surface area contributed by atoms with Crippen molar-refractivity contribution in [2.24, 2.45) is 0 Å². The van der Waals surface area contributed by atoms with Crippen molar-refractivity contribution in [3.8, 4) is 27.9 Å². The first-order valence-corrected chi connectivity index (χ1v) is 15.0. The van der Waals surface area contributed by atoms with Crippen LogP contribution in [0.3, 0.4) is 0 Å². The summed E-state index contributed by atoms with van der Waals surface area (Å²) in [6, 6.07) is 64.9. The number of hydrogen-bond acceptors (Lipinski definition) is 1. The zero-order chi connectivity index (χ0) is 29.3. The molecule has 0 fully saturated rings. The summed E-state index contributed by atoms with van der Waals surface area (Å²) < 4.78 is 2.36. The van der Waals surface area contributed by atoms with Gasteiger partial charge in [-0.1, -0.05) is 121 Å². The third-order valence-electron chi connectivity index (χ3n) is 8.41. The third kappa shape index (κ3) is 4.63. The van der Waals surface area contributed by atoms with E-state index < -0.39 is 0 Å². The molecule has 208 valence electrons. The molecule has 2 nitrogen and oxygen atoms in total. The Bertz CT molecular complexity index is 2080. The van der Waals surface area contributed by atoms with Crippen molar-refractivity contribution >= 4 is 38.9 Å². The van der Waals surface area contributed by atoms with Gasteiger partial charge >= 0.3 is 0 Å². The van der Waals surface area contributed by atoms with Crippen LogP contribution in [0.25, 0.3) is 49.7 Å². The minimum Gasteiger partial charge on any atom is -0.311 e. The van der Waals surface area contributed by atoms with Crippen LogP contribution in [0.5, 0.6) is 0 Å². The molecule has 0 aliphatic rings. The van der Waals surface area contributed by atoms with Crippen molar-refractivity contribution in [2.45, 2.75) is 0 Å². The maximum absolute atomic E-state index is 2.36. The molecule has 2 heteroatoms. The van der Waals surface area contributed by atoms with Gasteiger partial charge in [0.1, 0.15) is 0 Å². The molecule has 7 aromatic carbocycles. The molecule has 0 aliphatic heterocycles. The van der Waals surface area contributed by atoms with Crippen LogP contribution in [0.4, 0.5) is 17.1 Å². The van der Waals surface area contributed by atoms with E-state index in [4.69, 9.17) is 0 Å². The highest BCUT2D eigenvalue weighted by Gasteiger charge is 2.13. The quantitative estimate of drug-likeness (QED) is 0.196. The van der Waals surface area contributed by atoms with Crippen molar-refractivity contribution in [2.75, 3.05) is 4.90 Å². The van der Waals surface area contributed by atoms with Crippen LogP contribution in [-0.4, -0.2) is 4.57 Å². The van der Waals surface area contributed by atoms with Gasteiger partial charge in [-0.3, -0.25) is 0 Å². The molecule has 0 N–H and O–H groups in total. The lowest BCUT2D eigenvalue weighted by atomic mass is 10.00. The average Bonchev–Trinajstić information content (AvgIpc) is 3.44. The van der Waals surface area contributed by atoms with E-state index in [0.717, 1.165) is 17.1 Å². The zero-order valence-electron chi connectivity index (χ0n) is 24.2. The van der Waals surface area contributed by atoms with Crippen LogP contribution >= 0.6 is 0 Å². The predicted octanol–water partition coefficient (Wildman–Crippen LogP) is 11.6. The van der Waals surface area contributed by atoms with E-state index in [0.29, 0.717) is 0 Å². The fraction of sp³-hybridized carbons (Fsp3) is 0. The van der Waals surface area contributed by atoms with Gasteiger partial charge in [0.05, 0.1) is 11.0 Å². The molecule has 0 radical (unpaired) electrons. The molecule has 44 heavy (non-hydrogen) atoms. The lowest BCUT2D eigenvalue weighted by molar-refractivity contribution is 1.18. The highest BCUT2D eigenvalue weighted by atomic mass is 15.1. The van der Waals surface area contributed by atoms with Gasteiger partial charge < -0.3 is 9.47 Å². The van der Waals surface area contributed by atoms with E-state index in [1.54, 1.807) is 0 Å². The fourth-order valence-corrected chi connectivity index (χ4v) is 6.26. The smallest absolute Gasteiger partial charge is 0.0541 e. The fourth-order valence-electron chi connectivity index (χ4n) is 6.26. The number of nitrogens with zero attached hydrogens (tertiary/aromatic N) is 2. The second-order valence-corrected chi connectivity index (χ2v) is 11.0. The number of fused-ring (bicyclic) bond motifs is 3. The number of hydrogen-bond donors (Lipinski definition) is 0. The van der Waals surface area contributed by atoms with Crippen LogP contribution in [0.1, 0.15) is 0 Å². The lowest BCUT2D eigenvalue weighted by Gasteiger charge is -2.25. The number of benzene rings is 7. The lowest BCUT2D eigenvalue weighted by Crippen LogP contribution is -2.09. The van der Waals surface area contributed by atoms with Gasteiger partial charge in [0.15, 0.2) is 0 Å². The summed E-state index contributed by atoms with van der Waals surface area (Å²) in [5, 5.41) is 2.56. The summed E-state index contributed by atoms with van der Waals surface area (Å²) in [4.78, 5) is 2.29. The van der Waals surface area contributed by atoms with Crippen LogP contribution in [0, 0.1) is 0 Å². The standard InChI is InChI=1S/C42H30N2/c1-3-11-35(12-4-1)43(36-13-5-2-6-14-36)37-27-23-33(24-28-37)31-19-21-32(22-20-31)34-25-29-38(30-26-34)44-41-17-9-7-15-39(41)40-16-8-10-18-42(40)44/h1-30H. The number of para-hydroxylation sites is 4. The Morgan fingerprint density at radius 1 is 0.295 bits per heavy atom. The SMILES string of the molecule is c1ccc(N(c2ccccc2)c2ccc(-c3ccc(-c4ccc(-n5c6ccccc6c6ccccc65)cc4)cc3)cc2)cc1. The first-order chi connectivity index (χ1) is 21.8. The molecular weight excluding hydrogens is 532 g/mol. The largest absolute Gasteiger partial charge is 0.311 e. The van der Waals surface area contributed by atoms with Crippen LogP contribution in [0.2, 0.25) is 0 Å². The van der Waals surface area contributed by atoms with Crippen molar-refractivity contribution in [1.82, 2.24) is 4.57 Å². The molecule has 0 spiro atoms. The molecule has 1 aromatic heterocycles. The van der Waals surface area contributed by atoms with Gasteiger partial charge in [-0.2, -0.15) is 0 Å². The van der Waals surface area contributed by atoms with Gasteiger partial charge in [0.25, 0.3) is 0 Å². The molecule has 0 amide bonds. The molecular formula is C42H30N2. The molecule has 8 rings (SSSR count). The summed E-state index contributed by atoms with van der Waals surface area (Å²) in [5.41, 5.74) is 11.8. The zero-order valence-corrected chi connectivity index (χ0v) is 24.2. The van der Waals surface area contributed by atoms with Crippen molar-refractivity contribution < 1.29 is 0 Å². The number of aromatic nitrogens is 1. The van der Waals surface area contributed by atoms with Crippen LogP contribution < -0.4 is 4.90 Å². The van der Waals surface area contributed by atoms with Crippen LogP contribution in [-0.2, 0) is 0 Å². The molecule has 0 saturated heterocycles. The molecule has 0 saturated carbocycles. The molecule has 0 unspecified atom stereocenters. The second kappa shape index (κ2) is 11.1. The Kier molecular flexibility index (Phi) is 6.51. The Balaban J connectivity index is 1.06. The highest BCUT2D eigenvalue weighted by Crippen LogP contribution is 2.36. The van der Waals surface area contributed by atoms with Crippen molar-refractivity contribution in [3.63, 3.8) is 0 Å². The molecule has 1 heterocycles. The summed E-state index contributed by atoms with van der Waals surface area (Å²) in [5.74, 6) is 0. The van der Waals surface area contributed by atoms with Crippen molar-refractivity contribution in [1.29, 1.82) is 0 Å². The van der Waals surface area contributed by atoms with Gasteiger partial charge in [0, 0.05) is 33.5 Å². The Morgan fingerprint density at radius 2 is 0.636 bits per heavy atom. The van der Waals surface area contributed by atoms with Gasteiger partial charge in [-0.05, 0) is 82.9 Å². The van der Waals surface area contributed by atoms with E-state index in [-0.39, 0.29) is 0 Å². The minimum absolute atomic E-state index is 1.13. The van der Waals surface area contributed by atoms with Gasteiger partial charge in [-0.25, -0.2) is 0 Å². The highest BCUT2D eigenvalue weighted by molar-refractivity contribution is 6.09. The first-order valence-electron chi connectivity index (χ1n) is 15.0. The number of anilines is 3. The van der Waals surface area contributed by atoms with E-state index in [2.05, 4.69) is 191 Å². The van der Waals surface area contributed by atoms with Gasteiger partial charge in [0.2, 0.25) is 0 Å².